The van der Waals surface area contributed by atoms with Gasteiger partial charge in [0.05, 0.1) is 7.11 Å². The number of carbonyl (C=O) groups excluding carboxylic acids is 1. The quantitative estimate of drug-likeness (QED) is 0.769. The van der Waals surface area contributed by atoms with Gasteiger partial charge in [0.15, 0.2) is 0 Å². The van der Waals surface area contributed by atoms with Crippen LogP contribution in [0.4, 0.5) is 10.5 Å². The van der Waals surface area contributed by atoms with Crippen LogP contribution in [0, 0.1) is 6.92 Å². The van der Waals surface area contributed by atoms with Crippen LogP contribution in [0.3, 0.4) is 0 Å². The number of rotatable bonds is 3. The number of nitrogens with one attached hydrogen (secondary N) is 1. The van der Waals surface area contributed by atoms with E-state index >= 15 is 0 Å². The molecule has 1 amide bonds. The van der Waals surface area contributed by atoms with Crippen LogP contribution in [0.5, 0.6) is 5.75 Å². The van der Waals surface area contributed by atoms with Gasteiger partial charge in [-0.1, -0.05) is 0 Å². The van der Waals surface area contributed by atoms with Crippen molar-refractivity contribution in [3.8, 4) is 5.75 Å². The normalized spacial score (nSPS) is 10.7. The van der Waals surface area contributed by atoms with Crippen LogP contribution in [0.2, 0.25) is 0 Å². The molecule has 0 fully saturated rings. The van der Waals surface area contributed by atoms with E-state index in [0.29, 0.717) is 11.3 Å². The zero-order chi connectivity index (χ0) is 13.1. The third-order valence-electron chi connectivity index (χ3n) is 1.84. The van der Waals surface area contributed by atoms with Crippen molar-refractivity contribution >= 4 is 22.1 Å². The molecule has 0 heterocycles. The van der Waals surface area contributed by atoms with Gasteiger partial charge in [0.1, 0.15) is 5.75 Å². The molecule has 0 saturated carbocycles. The number of nitrogen functional groups attached to an aromatic ring is 1. The Bertz CT molecular complexity index is 526. The number of anilines is 1. The second-order valence-electron chi connectivity index (χ2n) is 3.15. The first-order valence-corrected chi connectivity index (χ1v) is 5.91. The summed E-state index contributed by atoms with van der Waals surface area (Å²) >= 11 is 0. The Morgan fingerprint density at radius 3 is 2.59 bits per heavy atom. The lowest BCUT2D eigenvalue weighted by atomic mass is 10.2. The topological polar surface area (TPSA) is 108 Å². The maximum Gasteiger partial charge on any atom is 0.423 e. The van der Waals surface area contributed by atoms with Gasteiger partial charge in [-0.3, -0.25) is 0 Å². The van der Waals surface area contributed by atoms with E-state index < -0.39 is 16.4 Å². The summed E-state index contributed by atoms with van der Waals surface area (Å²) in [7, 11) is -3.20. The molecule has 1 aromatic carbocycles. The number of amides is 1. The van der Waals surface area contributed by atoms with Gasteiger partial charge in [-0.25, -0.2) is 4.79 Å². The van der Waals surface area contributed by atoms with E-state index in [1.807, 2.05) is 0 Å². The van der Waals surface area contributed by atoms with Gasteiger partial charge in [-0.2, -0.15) is 13.1 Å². The van der Waals surface area contributed by atoms with Gasteiger partial charge in [0.2, 0.25) is 0 Å². The highest BCUT2D eigenvalue weighted by Gasteiger charge is 2.17. The van der Waals surface area contributed by atoms with E-state index in [1.165, 1.54) is 18.2 Å². The first-order chi connectivity index (χ1) is 7.84. The highest BCUT2D eigenvalue weighted by molar-refractivity contribution is 7.85. The van der Waals surface area contributed by atoms with Crippen LogP contribution in [-0.2, 0) is 15.0 Å². The maximum atomic E-state index is 11.3. The van der Waals surface area contributed by atoms with Crippen LogP contribution in [0.1, 0.15) is 5.56 Å². The van der Waals surface area contributed by atoms with Crippen molar-refractivity contribution in [2.45, 2.75) is 6.92 Å². The lowest BCUT2D eigenvalue weighted by Crippen LogP contribution is -2.33. The molecular formula is C9H12N2O5S. The fraction of sp³-hybridized carbons (Fsp3) is 0.222. The van der Waals surface area contributed by atoms with Crippen molar-refractivity contribution in [1.29, 1.82) is 0 Å². The summed E-state index contributed by atoms with van der Waals surface area (Å²) in [5.74, 6) is 0.0492. The van der Waals surface area contributed by atoms with Crippen molar-refractivity contribution in [3.05, 3.63) is 23.8 Å². The minimum Gasteiger partial charge on any atom is -0.452 e. The molecule has 0 atom stereocenters. The highest BCUT2D eigenvalue weighted by Crippen LogP contribution is 2.19. The first kappa shape index (κ1) is 13.1. The molecule has 17 heavy (non-hydrogen) atoms. The molecule has 94 valence electrons. The smallest absolute Gasteiger partial charge is 0.423 e. The van der Waals surface area contributed by atoms with Gasteiger partial charge in [0, 0.05) is 5.69 Å². The lowest BCUT2D eigenvalue weighted by molar-refractivity contribution is 0.177. The number of benzene rings is 1. The van der Waals surface area contributed by atoms with Crippen LogP contribution in [0.25, 0.3) is 0 Å². The summed E-state index contributed by atoms with van der Waals surface area (Å²) < 4.78 is 32.9. The SMILES string of the molecule is COC(=O)NS(=O)(=O)Oc1ccc(N)c(C)c1. The van der Waals surface area contributed by atoms with Crippen molar-refractivity contribution in [2.24, 2.45) is 0 Å². The third kappa shape index (κ3) is 3.83. The first-order valence-electron chi connectivity index (χ1n) is 4.50. The Morgan fingerprint density at radius 2 is 2.06 bits per heavy atom. The van der Waals surface area contributed by atoms with Gasteiger partial charge >= 0.3 is 16.4 Å². The highest BCUT2D eigenvalue weighted by atomic mass is 32.2. The Hall–Kier alpha value is -1.96. The van der Waals surface area contributed by atoms with E-state index in [4.69, 9.17) is 5.73 Å². The molecule has 0 aliphatic heterocycles. The Labute approximate surface area is 98.8 Å². The van der Waals surface area contributed by atoms with Crippen LogP contribution in [0.15, 0.2) is 18.2 Å². The van der Waals surface area contributed by atoms with Crippen molar-refractivity contribution < 1.29 is 22.1 Å². The molecule has 0 saturated heterocycles. The summed E-state index contributed by atoms with van der Waals surface area (Å²) in [6.07, 6.45) is -1.13. The summed E-state index contributed by atoms with van der Waals surface area (Å²) in [4.78, 5) is 10.7. The molecule has 0 unspecified atom stereocenters. The van der Waals surface area contributed by atoms with Crippen LogP contribution >= 0.6 is 0 Å². The lowest BCUT2D eigenvalue weighted by Gasteiger charge is -2.08. The van der Waals surface area contributed by atoms with Crippen molar-refractivity contribution in [1.82, 2.24) is 4.72 Å². The average Bonchev–Trinajstić information content (AvgIpc) is 2.22. The minimum absolute atomic E-state index is 0.0492. The molecule has 0 radical (unpaired) electrons. The second kappa shape index (κ2) is 4.91. The number of aryl methyl sites for hydroxylation is 1. The average molecular weight is 260 g/mol. The fourth-order valence-electron chi connectivity index (χ4n) is 0.991. The molecule has 0 aliphatic carbocycles. The largest absolute Gasteiger partial charge is 0.452 e. The molecule has 3 N–H and O–H groups in total. The summed E-state index contributed by atoms with van der Waals surface area (Å²) in [5.41, 5.74) is 6.73. The third-order valence-corrected chi connectivity index (χ3v) is 2.67. The predicted molar refractivity (Wildman–Crippen MR) is 60.7 cm³/mol. The second-order valence-corrected chi connectivity index (χ2v) is 4.43. The zero-order valence-electron chi connectivity index (χ0n) is 9.26. The van der Waals surface area contributed by atoms with Gasteiger partial charge in [-0.05, 0) is 30.7 Å². The van der Waals surface area contributed by atoms with E-state index in [0.717, 1.165) is 7.11 Å². The number of nitrogens with two attached hydrogens (primary N) is 1. The summed E-state index contributed by atoms with van der Waals surface area (Å²) in [6.45, 7) is 1.70. The number of ether oxygens (including phenoxy) is 1. The van der Waals surface area contributed by atoms with Gasteiger partial charge < -0.3 is 14.7 Å². The Morgan fingerprint density at radius 1 is 1.41 bits per heavy atom. The molecule has 7 nitrogen and oxygen atoms in total. The monoisotopic (exact) mass is 260 g/mol. The fourth-order valence-corrected chi connectivity index (χ4v) is 1.68. The minimum atomic E-state index is -4.24. The molecule has 8 heteroatoms. The number of hydrogen-bond donors (Lipinski definition) is 2. The van der Waals surface area contributed by atoms with Gasteiger partial charge in [0.25, 0.3) is 0 Å². The molecule has 1 aromatic rings. The standard InChI is InChI=1S/C9H12N2O5S/c1-6-5-7(3-4-8(6)10)16-17(13,14)11-9(12)15-2/h3-5H,10H2,1-2H3,(H,11,12). The number of hydrogen-bond acceptors (Lipinski definition) is 6. The predicted octanol–water partition coefficient (Wildman–Crippen LogP) is 0.557. The molecule has 1 rings (SSSR count). The number of carbonyl (C=O) groups is 1. The van der Waals surface area contributed by atoms with E-state index in [2.05, 4.69) is 8.92 Å². The van der Waals surface area contributed by atoms with Crippen LogP contribution in [-0.4, -0.2) is 21.6 Å². The van der Waals surface area contributed by atoms with Gasteiger partial charge in [-0.15, -0.1) is 0 Å². The Kier molecular flexibility index (Phi) is 3.79. The van der Waals surface area contributed by atoms with Crippen molar-refractivity contribution in [3.63, 3.8) is 0 Å². The molecular weight excluding hydrogens is 248 g/mol. The molecule has 0 spiro atoms. The zero-order valence-corrected chi connectivity index (χ0v) is 10.1. The Balaban J connectivity index is 2.83. The maximum absolute atomic E-state index is 11.3. The van der Waals surface area contributed by atoms with E-state index in [-0.39, 0.29) is 5.75 Å². The van der Waals surface area contributed by atoms with E-state index in [9.17, 15) is 13.2 Å². The molecule has 0 aliphatic rings. The summed E-state index contributed by atoms with van der Waals surface area (Å²) in [6, 6.07) is 4.31. The van der Waals surface area contributed by atoms with E-state index in [1.54, 1.807) is 11.6 Å². The van der Waals surface area contributed by atoms with Crippen LogP contribution < -0.4 is 14.6 Å². The van der Waals surface area contributed by atoms with Crippen molar-refractivity contribution in [2.75, 3.05) is 12.8 Å². The molecule has 0 bridgehead atoms. The summed E-state index contributed by atoms with van der Waals surface area (Å²) in [5, 5.41) is 0. The molecule has 0 aromatic heterocycles. The number of methoxy groups -OCH3 is 1.